The van der Waals surface area contributed by atoms with Crippen LogP contribution in [0.5, 0.6) is 0 Å². The van der Waals surface area contributed by atoms with E-state index in [1.54, 1.807) is 17.8 Å². The molecule has 2 heterocycles. The fraction of sp³-hybridized carbons (Fsp3) is 0.400. The fourth-order valence-corrected chi connectivity index (χ4v) is 4.17. The molecule has 1 aliphatic heterocycles. The number of carbonyl (C=O) groups is 1. The van der Waals surface area contributed by atoms with E-state index in [1.807, 2.05) is 30.3 Å². The van der Waals surface area contributed by atoms with Crippen molar-refractivity contribution in [2.24, 2.45) is 5.92 Å². The molecular weight excluding hydrogens is 394 g/mol. The van der Waals surface area contributed by atoms with E-state index in [9.17, 15) is 4.79 Å². The Labute approximate surface area is 174 Å². The molecule has 146 valence electrons. The number of hydrogen-bond acceptors (Lipinski definition) is 6. The van der Waals surface area contributed by atoms with Crippen LogP contribution in [-0.4, -0.2) is 41.5 Å². The molecule has 1 saturated heterocycles. The number of anilines is 1. The lowest BCUT2D eigenvalue weighted by molar-refractivity contribution is -0.125. The van der Waals surface area contributed by atoms with Crippen molar-refractivity contribution in [3.63, 3.8) is 0 Å². The summed E-state index contributed by atoms with van der Waals surface area (Å²) in [5.74, 6) is 2.38. The van der Waals surface area contributed by atoms with E-state index in [1.165, 1.54) is 0 Å². The number of benzene rings is 1. The molecule has 1 aromatic heterocycles. The molecule has 2 aromatic rings. The fourth-order valence-electron chi connectivity index (χ4n) is 3.20. The maximum Gasteiger partial charge on any atom is 0.224 e. The summed E-state index contributed by atoms with van der Waals surface area (Å²) < 4.78 is 0. The summed E-state index contributed by atoms with van der Waals surface area (Å²) in [4.78, 5) is 14.6. The van der Waals surface area contributed by atoms with Gasteiger partial charge in [0.05, 0.1) is 17.6 Å². The molecule has 1 aliphatic rings. The quantitative estimate of drug-likeness (QED) is 0.699. The number of aromatic nitrogens is 2. The van der Waals surface area contributed by atoms with Crippen molar-refractivity contribution >= 4 is 35.1 Å². The maximum absolute atomic E-state index is 12.5. The Morgan fingerprint density at radius 3 is 2.96 bits per heavy atom. The number of rotatable bonds is 7. The lowest BCUT2D eigenvalue weighted by Gasteiger charge is -2.32. The minimum absolute atomic E-state index is 0.0458. The minimum Gasteiger partial charge on any atom is -0.355 e. The van der Waals surface area contributed by atoms with Crippen molar-refractivity contribution in [3.8, 4) is 6.07 Å². The number of thioether (sulfide) groups is 1. The third kappa shape index (κ3) is 5.60. The van der Waals surface area contributed by atoms with Crippen LogP contribution < -0.4 is 10.2 Å². The molecule has 1 fully saturated rings. The van der Waals surface area contributed by atoms with Gasteiger partial charge in [0.25, 0.3) is 0 Å². The first-order chi connectivity index (χ1) is 13.7. The maximum atomic E-state index is 12.5. The van der Waals surface area contributed by atoms with E-state index in [4.69, 9.17) is 16.9 Å². The average Bonchev–Trinajstić information content (AvgIpc) is 2.74. The average molecular weight is 416 g/mol. The lowest BCUT2D eigenvalue weighted by atomic mass is 9.97. The third-order valence-electron chi connectivity index (χ3n) is 4.68. The summed E-state index contributed by atoms with van der Waals surface area (Å²) in [5.41, 5.74) is 1.75. The van der Waals surface area contributed by atoms with Crippen molar-refractivity contribution in [1.29, 1.82) is 5.26 Å². The summed E-state index contributed by atoms with van der Waals surface area (Å²) in [6, 6.07) is 13.4. The topological polar surface area (TPSA) is 81.9 Å². The van der Waals surface area contributed by atoms with Crippen LogP contribution in [0.4, 0.5) is 5.82 Å². The van der Waals surface area contributed by atoms with E-state index in [-0.39, 0.29) is 11.8 Å². The molecule has 0 spiro atoms. The molecule has 1 aromatic carbocycles. The molecule has 1 atom stereocenters. The van der Waals surface area contributed by atoms with Crippen LogP contribution >= 0.6 is 23.4 Å². The minimum atomic E-state index is -0.0458. The summed E-state index contributed by atoms with van der Waals surface area (Å²) in [5, 5.41) is 20.5. The van der Waals surface area contributed by atoms with Gasteiger partial charge in [0.15, 0.2) is 11.0 Å². The van der Waals surface area contributed by atoms with E-state index < -0.39 is 0 Å². The summed E-state index contributed by atoms with van der Waals surface area (Å²) in [6.45, 7) is 2.13. The molecule has 0 radical (unpaired) electrons. The van der Waals surface area contributed by atoms with Crippen LogP contribution in [0.25, 0.3) is 0 Å². The van der Waals surface area contributed by atoms with Crippen LogP contribution in [0.3, 0.4) is 0 Å². The SMILES string of the molecule is N#Cc1ccccc1CSCCNC(=O)[C@H]1CCCN(c2ccc(Cl)nn2)C1. The molecule has 0 bridgehead atoms. The van der Waals surface area contributed by atoms with Gasteiger partial charge in [-0.2, -0.15) is 17.0 Å². The van der Waals surface area contributed by atoms with E-state index in [0.717, 1.165) is 42.3 Å². The Morgan fingerprint density at radius 1 is 1.32 bits per heavy atom. The highest BCUT2D eigenvalue weighted by atomic mass is 35.5. The second-order valence-electron chi connectivity index (χ2n) is 6.61. The zero-order valence-electron chi connectivity index (χ0n) is 15.5. The normalized spacial score (nSPS) is 16.4. The first-order valence-corrected chi connectivity index (χ1v) is 10.8. The van der Waals surface area contributed by atoms with Crippen molar-refractivity contribution in [1.82, 2.24) is 15.5 Å². The highest BCUT2D eigenvalue weighted by molar-refractivity contribution is 7.98. The van der Waals surface area contributed by atoms with Gasteiger partial charge in [0, 0.05) is 31.1 Å². The summed E-state index contributed by atoms with van der Waals surface area (Å²) in [7, 11) is 0. The van der Waals surface area contributed by atoms with Crippen molar-refractivity contribution < 1.29 is 4.79 Å². The third-order valence-corrected chi connectivity index (χ3v) is 5.88. The molecular formula is C20H22ClN5OS. The first-order valence-electron chi connectivity index (χ1n) is 9.25. The highest BCUT2D eigenvalue weighted by Crippen LogP contribution is 2.22. The van der Waals surface area contributed by atoms with Gasteiger partial charge in [-0.15, -0.1) is 10.2 Å². The molecule has 0 saturated carbocycles. The highest BCUT2D eigenvalue weighted by Gasteiger charge is 2.26. The number of nitrogens with one attached hydrogen (secondary N) is 1. The van der Waals surface area contributed by atoms with Gasteiger partial charge in [-0.3, -0.25) is 4.79 Å². The smallest absolute Gasteiger partial charge is 0.224 e. The first kappa shape index (κ1) is 20.4. The van der Waals surface area contributed by atoms with Gasteiger partial charge in [-0.05, 0) is 36.6 Å². The zero-order chi connectivity index (χ0) is 19.8. The zero-order valence-corrected chi connectivity index (χ0v) is 17.0. The molecule has 8 heteroatoms. The Bertz CT molecular complexity index is 839. The molecule has 28 heavy (non-hydrogen) atoms. The molecule has 0 unspecified atom stereocenters. The predicted octanol–water partition coefficient (Wildman–Crippen LogP) is 3.27. The number of amides is 1. The summed E-state index contributed by atoms with van der Waals surface area (Å²) >= 11 is 7.51. The number of carbonyl (C=O) groups excluding carboxylic acids is 1. The van der Waals surface area contributed by atoms with Crippen molar-refractivity contribution in [3.05, 3.63) is 52.7 Å². The molecule has 1 amide bonds. The van der Waals surface area contributed by atoms with Gasteiger partial charge >= 0.3 is 0 Å². The van der Waals surface area contributed by atoms with Gasteiger partial charge in [-0.25, -0.2) is 0 Å². The number of nitrogens with zero attached hydrogens (tertiary/aromatic N) is 4. The Hall–Kier alpha value is -2.30. The molecule has 0 aliphatic carbocycles. The van der Waals surface area contributed by atoms with Crippen LogP contribution in [0.15, 0.2) is 36.4 Å². The lowest BCUT2D eigenvalue weighted by Crippen LogP contribution is -2.43. The Balaban J connectivity index is 1.41. The number of piperidine rings is 1. The van der Waals surface area contributed by atoms with Crippen LogP contribution in [0, 0.1) is 17.2 Å². The van der Waals surface area contributed by atoms with Gasteiger partial charge in [0.1, 0.15) is 0 Å². The number of hydrogen-bond donors (Lipinski definition) is 1. The van der Waals surface area contributed by atoms with Crippen molar-refractivity contribution in [2.45, 2.75) is 18.6 Å². The van der Waals surface area contributed by atoms with E-state index in [2.05, 4.69) is 26.5 Å². The molecule has 3 rings (SSSR count). The second-order valence-corrected chi connectivity index (χ2v) is 8.10. The Kier molecular flexibility index (Phi) is 7.52. The van der Waals surface area contributed by atoms with Crippen LogP contribution in [-0.2, 0) is 10.5 Å². The predicted molar refractivity (Wildman–Crippen MR) is 112 cm³/mol. The largest absolute Gasteiger partial charge is 0.355 e. The van der Waals surface area contributed by atoms with E-state index in [0.29, 0.717) is 23.8 Å². The molecule has 6 nitrogen and oxygen atoms in total. The summed E-state index contributed by atoms with van der Waals surface area (Å²) in [6.07, 6.45) is 1.83. The monoisotopic (exact) mass is 415 g/mol. The number of nitriles is 1. The number of halogens is 1. The van der Waals surface area contributed by atoms with Gasteiger partial charge in [0.2, 0.25) is 5.91 Å². The van der Waals surface area contributed by atoms with Gasteiger partial charge < -0.3 is 10.2 Å². The Morgan fingerprint density at radius 2 is 2.18 bits per heavy atom. The van der Waals surface area contributed by atoms with E-state index >= 15 is 0 Å². The van der Waals surface area contributed by atoms with Crippen LogP contribution in [0.2, 0.25) is 5.15 Å². The second kappa shape index (κ2) is 10.3. The van der Waals surface area contributed by atoms with Crippen molar-refractivity contribution in [2.75, 3.05) is 30.3 Å². The standard InChI is InChI=1S/C20H22ClN5OS/c21-18-7-8-19(25-24-18)26-10-3-6-16(13-26)20(27)23-9-11-28-14-17-5-2-1-4-15(17)12-22/h1-2,4-5,7-8,16H,3,6,9-11,13-14H2,(H,23,27)/t16-/m0/s1. The van der Waals surface area contributed by atoms with Crippen LogP contribution in [0.1, 0.15) is 24.0 Å². The van der Waals surface area contributed by atoms with Gasteiger partial charge in [-0.1, -0.05) is 29.8 Å². The molecule has 1 N–H and O–H groups in total.